The van der Waals surface area contributed by atoms with E-state index in [4.69, 9.17) is 10.5 Å². The molecule has 0 spiro atoms. The maximum absolute atomic E-state index is 12.4. The van der Waals surface area contributed by atoms with E-state index in [0.29, 0.717) is 12.6 Å². The van der Waals surface area contributed by atoms with Crippen LogP contribution in [-0.2, 0) is 9.53 Å². The number of likely N-dealkylation sites (N-methyl/N-ethyl adjacent to an activating group) is 1. The first-order chi connectivity index (χ1) is 9.15. The Labute approximate surface area is 120 Å². The van der Waals surface area contributed by atoms with Crippen molar-refractivity contribution in [2.75, 3.05) is 19.3 Å². The molecule has 1 amide bonds. The molecule has 2 unspecified atom stereocenters. The number of carbonyl (C=O) groups excluding carboxylic acids is 1. The van der Waals surface area contributed by atoms with Crippen molar-refractivity contribution in [3.05, 3.63) is 0 Å². The number of carbonyl (C=O) groups is 1. The Morgan fingerprint density at radius 1 is 1.37 bits per heavy atom. The second kappa shape index (κ2) is 6.95. The quantitative estimate of drug-likeness (QED) is 0.834. The van der Waals surface area contributed by atoms with Crippen molar-refractivity contribution in [1.29, 1.82) is 0 Å². The number of nitrogens with zero attached hydrogens (tertiary/aromatic N) is 1. The summed E-state index contributed by atoms with van der Waals surface area (Å²) in [7, 11) is 1.94. The van der Waals surface area contributed by atoms with Gasteiger partial charge >= 0.3 is 0 Å². The lowest BCUT2D eigenvalue weighted by Crippen LogP contribution is -2.42. The number of hydrogen-bond acceptors (Lipinski definition) is 4. The first kappa shape index (κ1) is 15.1. The highest BCUT2D eigenvalue weighted by Gasteiger charge is 2.36. The van der Waals surface area contributed by atoms with E-state index in [1.807, 2.05) is 23.7 Å². The Morgan fingerprint density at radius 3 is 2.79 bits per heavy atom. The molecule has 0 aromatic carbocycles. The molecule has 5 heteroatoms. The lowest BCUT2D eigenvalue weighted by Gasteiger charge is -2.27. The van der Waals surface area contributed by atoms with Crippen LogP contribution in [0, 0.1) is 0 Å². The summed E-state index contributed by atoms with van der Waals surface area (Å²) < 4.78 is 5.71. The third kappa shape index (κ3) is 3.64. The Kier molecular flexibility index (Phi) is 5.54. The topological polar surface area (TPSA) is 55.6 Å². The Balaban J connectivity index is 1.83. The van der Waals surface area contributed by atoms with Gasteiger partial charge < -0.3 is 15.4 Å². The van der Waals surface area contributed by atoms with Crippen LogP contribution in [0.1, 0.15) is 39.0 Å². The maximum Gasteiger partial charge on any atom is 0.251 e. The molecule has 0 aromatic rings. The fourth-order valence-electron chi connectivity index (χ4n) is 3.12. The van der Waals surface area contributed by atoms with E-state index in [0.717, 1.165) is 30.9 Å². The molecule has 1 aliphatic heterocycles. The van der Waals surface area contributed by atoms with Crippen molar-refractivity contribution in [1.82, 2.24) is 4.90 Å². The Morgan fingerprint density at radius 2 is 2.16 bits per heavy atom. The molecule has 1 saturated carbocycles. The zero-order chi connectivity index (χ0) is 13.8. The standard InChI is InChI=1S/C14H26N2O2S/c1-3-19-12-6-4-10(8-12)16(2)14(17)13-7-5-11(9-15)18-13/h10-13H,3-9,15H2,1-2H3/t10?,11-,12?,13+/m1/s1. The van der Waals surface area contributed by atoms with Gasteiger partial charge in [-0.05, 0) is 37.9 Å². The minimum absolute atomic E-state index is 0.0781. The average molecular weight is 286 g/mol. The zero-order valence-electron chi connectivity index (χ0n) is 12.0. The van der Waals surface area contributed by atoms with Crippen molar-refractivity contribution in [2.24, 2.45) is 5.73 Å². The lowest BCUT2D eigenvalue weighted by molar-refractivity contribution is -0.143. The number of amides is 1. The van der Waals surface area contributed by atoms with Gasteiger partial charge in [-0.2, -0.15) is 11.8 Å². The molecular weight excluding hydrogens is 260 g/mol. The van der Waals surface area contributed by atoms with E-state index in [9.17, 15) is 4.79 Å². The number of hydrogen-bond donors (Lipinski definition) is 1. The summed E-state index contributed by atoms with van der Waals surface area (Å²) in [5, 5.41) is 0.728. The molecule has 0 radical (unpaired) electrons. The van der Waals surface area contributed by atoms with Gasteiger partial charge in [0.25, 0.3) is 5.91 Å². The first-order valence-electron chi connectivity index (χ1n) is 7.39. The minimum atomic E-state index is -0.253. The molecular formula is C14H26N2O2S. The minimum Gasteiger partial charge on any atom is -0.364 e. The van der Waals surface area contributed by atoms with Crippen LogP contribution in [0.2, 0.25) is 0 Å². The van der Waals surface area contributed by atoms with E-state index >= 15 is 0 Å². The second-order valence-corrected chi connectivity index (χ2v) is 7.13. The second-order valence-electron chi connectivity index (χ2n) is 5.55. The lowest BCUT2D eigenvalue weighted by atomic mass is 10.1. The zero-order valence-corrected chi connectivity index (χ0v) is 12.8. The van der Waals surface area contributed by atoms with Crippen molar-refractivity contribution in [3.8, 4) is 0 Å². The van der Waals surface area contributed by atoms with Gasteiger partial charge in [-0.3, -0.25) is 4.79 Å². The largest absolute Gasteiger partial charge is 0.364 e. The molecule has 1 saturated heterocycles. The molecule has 1 heterocycles. The number of rotatable bonds is 5. The summed E-state index contributed by atoms with van der Waals surface area (Å²) in [6.07, 6.45) is 5.06. The van der Waals surface area contributed by atoms with Gasteiger partial charge in [-0.1, -0.05) is 6.92 Å². The molecule has 0 bridgehead atoms. The van der Waals surface area contributed by atoms with Crippen LogP contribution in [0.5, 0.6) is 0 Å². The summed E-state index contributed by atoms with van der Waals surface area (Å²) in [6.45, 7) is 2.72. The van der Waals surface area contributed by atoms with Gasteiger partial charge in [0, 0.05) is 24.9 Å². The van der Waals surface area contributed by atoms with Crippen molar-refractivity contribution in [2.45, 2.75) is 62.5 Å². The van der Waals surface area contributed by atoms with Crippen LogP contribution in [0.15, 0.2) is 0 Å². The highest BCUT2D eigenvalue weighted by Crippen LogP contribution is 2.33. The Bertz CT molecular complexity index is 314. The molecule has 2 rings (SSSR count). The molecule has 110 valence electrons. The SMILES string of the molecule is CCSC1CCC(N(C)C(=O)[C@@H]2CC[C@H](CN)O2)C1. The predicted octanol–water partition coefficient (Wildman–Crippen LogP) is 1.63. The molecule has 4 nitrogen and oxygen atoms in total. The number of ether oxygens (including phenoxy) is 1. The van der Waals surface area contributed by atoms with Crippen LogP contribution in [0.4, 0.5) is 0 Å². The normalized spacial score (nSPS) is 34.7. The van der Waals surface area contributed by atoms with Crippen molar-refractivity contribution >= 4 is 17.7 Å². The summed E-state index contributed by atoms with van der Waals surface area (Å²) in [5.74, 6) is 1.32. The molecule has 2 fully saturated rings. The van der Waals surface area contributed by atoms with Crippen LogP contribution < -0.4 is 5.73 Å². The van der Waals surface area contributed by atoms with Gasteiger partial charge in [-0.25, -0.2) is 0 Å². The van der Waals surface area contributed by atoms with Crippen LogP contribution in [0.25, 0.3) is 0 Å². The molecule has 2 aliphatic rings. The highest BCUT2D eigenvalue weighted by molar-refractivity contribution is 7.99. The van der Waals surface area contributed by atoms with Gasteiger partial charge in [0.15, 0.2) is 0 Å². The summed E-state index contributed by atoms with van der Waals surface area (Å²) in [5.41, 5.74) is 5.59. The molecule has 4 atom stereocenters. The van der Waals surface area contributed by atoms with Crippen LogP contribution in [0.3, 0.4) is 0 Å². The third-order valence-corrected chi connectivity index (χ3v) is 5.53. The van der Waals surface area contributed by atoms with Gasteiger partial charge in [0.05, 0.1) is 6.10 Å². The number of thioether (sulfide) groups is 1. The van der Waals surface area contributed by atoms with Gasteiger partial charge in [0.1, 0.15) is 6.10 Å². The molecule has 2 N–H and O–H groups in total. The number of nitrogens with two attached hydrogens (primary N) is 1. The van der Waals surface area contributed by atoms with E-state index in [1.165, 1.54) is 12.2 Å². The van der Waals surface area contributed by atoms with Crippen LogP contribution in [-0.4, -0.2) is 53.7 Å². The average Bonchev–Trinajstić information content (AvgIpc) is 3.06. The summed E-state index contributed by atoms with van der Waals surface area (Å²) in [6, 6.07) is 0.400. The smallest absolute Gasteiger partial charge is 0.251 e. The van der Waals surface area contributed by atoms with Crippen molar-refractivity contribution < 1.29 is 9.53 Å². The van der Waals surface area contributed by atoms with E-state index in [-0.39, 0.29) is 18.1 Å². The maximum atomic E-state index is 12.4. The predicted molar refractivity (Wildman–Crippen MR) is 79.3 cm³/mol. The van der Waals surface area contributed by atoms with Crippen molar-refractivity contribution in [3.63, 3.8) is 0 Å². The van der Waals surface area contributed by atoms with Gasteiger partial charge in [-0.15, -0.1) is 0 Å². The third-order valence-electron chi connectivity index (χ3n) is 4.30. The first-order valence-corrected chi connectivity index (χ1v) is 8.44. The fraction of sp³-hybridized carbons (Fsp3) is 0.929. The molecule has 0 aromatic heterocycles. The Hall–Kier alpha value is -0.260. The molecule has 19 heavy (non-hydrogen) atoms. The summed E-state index contributed by atoms with van der Waals surface area (Å²) in [4.78, 5) is 14.3. The van der Waals surface area contributed by atoms with Gasteiger partial charge in [0.2, 0.25) is 0 Å². The van der Waals surface area contributed by atoms with E-state index in [2.05, 4.69) is 6.92 Å². The fourth-order valence-corrected chi connectivity index (χ4v) is 4.26. The van der Waals surface area contributed by atoms with E-state index in [1.54, 1.807) is 0 Å². The van der Waals surface area contributed by atoms with E-state index < -0.39 is 0 Å². The summed E-state index contributed by atoms with van der Waals surface area (Å²) >= 11 is 2.02. The van der Waals surface area contributed by atoms with Crippen LogP contribution >= 0.6 is 11.8 Å². The highest BCUT2D eigenvalue weighted by atomic mass is 32.2. The monoisotopic (exact) mass is 286 g/mol. The molecule has 1 aliphatic carbocycles.